The summed E-state index contributed by atoms with van der Waals surface area (Å²) in [7, 11) is 1.88. The third-order valence-corrected chi connectivity index (χ3v) is 5.34. The van der Waals surface area contributed by atoms with Gasteiger partial charge in [-0.15, -0.1) is 10.2 Å². The molecule has 0 bridgehead atoms. The number of halogens is 1. The van der Waals surface area contributed by atoms with Gasteiger partial charge in [0.25, 0.3) is 0 Å². The highest BCUT2D eigenvalue weighted by Crippen LogP contribution is 2.45. The topological polar surface area (TPSA) is 84.2 Å². The van der Waals surface area contributed by atoms with Crippen molar-refractivity contribution in [1.82, 2.24) is 20.2 Å². The summed E-state index contributed by atoms with van der Waals surface area (Å²) >= 11 is 0. The van der Waals surface area contributed by atoms with Crippen molar-refractivity contribution in [1.29, 1.82) is 0 Å². The van der Waals surface area contributed by atoms with Crippen LogP contribution in [0.1, 0.15) is 40.5 Å². The number of nitrogens with zero attached hydrogens (tertiary/aromatic N) is 4. The van der Waals surface area contributed by atoms with E-state index in [0.717, 1.165) is 40.2 Å². The third-order valence-electron chi connectivity index (χ3n) is 5.34. The molecule has 3 heterocycles. The summed E-state index contributed by atoms with van der Waals surface area (Å²) in [6.07, 6.45) is 2.49. The minimum Gasteiger partial charge on any atom is -0.377 e. The smallest absolute Gasteiger partial charge is 0.148 e. The molecule has 2 N–H and O–H groups in total. The minimum absolute atomic E-state index is 0.223. The van der Waals surface area contributed by atoms with Crippen molar-refractivity contribution >= 4 is 17.7 Å². The summed E-state index contributed by atoms with van der Waals surface area (Å²) in [4.78, 5) is 11.5. The average Bonchev–Trinajstić information content (AvgIpc) is 3.14. The van der Waals surface area contributed by atoms with Gasteiger partial charge in [0.05, 0.1) is 17.7 Å². The Morgan fingerprint density at radius 2 is 2.00 bits per heavy atom. The molecule has 7 nitrogen and oxygen atoms in total. The van der Waals surface area contributed by atoms with Crippen molar-refractivity contribution in [2.24, 2.45) is 12.1 Å². The van der Waals surface area contributed by atoms with Crippen molar-refractivity contribution in [3.05, 3.63) is 77.1 Å². The van der Waals surface area contributed by atoms with Crippen LogP contribution in [0.25, 0.3) is 0 Å². The number of hydrogen-bond acceptors (Lipinski definition) is 6. The average molecular weight is 376 g/mol. The zero-order valence-corrected chi connectivity index (χ0v) is 15.0. The van der Waals surface area contributed by atoms with E-state index in [1.807, 2.05) is 29.8 Å². The SMILES string of the molecule is Cn1cnnc1C1C2=NNC(C=O)c3cccc(c32)NC1c1ccc(F)cc1. The summed E-state index contributed by atoms with van der Waals surface area (Å²) in [6, 6.07) is 11.5. The van der Waals surface area contributed by atoms with E-state index in [1.165, 1.54) is 12.1 Å². The molecule has 0 aliphatic carbocycles. The molecule has 8 heteroatoms. The lowest BCUT2D eigenvalue weighted by molar-refractivity contribution is -0.109. The van der Waals surface area contributed by atoms with Crippen molar-refractivity contribution in [2.75, 3.05) is 5.32 Å². The molecule has 28 heavy (non-hydrogen) atoms. The van der Waals surface area contributed by atoms with E-state index in [-0.39, 0.29) is 17.8 Å². The Labute approximate surface area is 160 Å². The molecular weight excluding hydrogens is 359 g/mol. The van der Waals surface area contributed by atoms with Crippen molar-refractivity contribution in [2.45, 2.75) is 18.0 Å². The lowest BCUT2D eigenvalue weighted by atomic mass is 9.78. The number of hydrogen-bond donors (Lipinski definition) is 2. The second-order valence-corrected chi connectivity index (χ2v) is 6.96. The fraction of sp³-hybridized carbons (Fsp3) is 0.200. The van der Waals surface area contributed by atoms with E-state index in [1.54, 1.807) is 18.5 Å². The first kappa shape index (κ1) is 16.6. The van der Waals surface area contributed by atoms with Gasteiger partial charge in [0.1, 0.15) is 30.3 Å². The molecule has 0 saturated heterocycles. The summed E-state index contributed by atoms with van der Waals surface area (Å²) in [5, 5.41) is 16.5. The number of nitrogens with one attached hydrogen (secondary N) is 2. The quantitative estimate of drug-likeness (QED) is 0.686. The van der Waals surface area contributed by atoms with Crippen LogP contribution >= 0.6 is 0 Å². The first-order valence-electron chi connectivity index (χ1n) is 8.95. The number of aldehydes is 1. The molecule has 140 valence electrons. The van der Waals surface area contributed by atoms with Gasteiger partial charge in [-0.25, -0.2) is 4.39 Å². The van der Waals surface area contributed by atoms with Crippen molar-refractivity contribution in [3.8, 4) is 0 Å². The normalized spacial score (nSPS) is 22.5. The molecule has 2 aromatic carbocycles. The minimum atomic E-state index is -0.497. The highest BCUT2D eigenvalue weighted by molar-refractivity contribution is 6.13. The number of anilines is 1. The summed E-state index contributed by atoms with van der Waals surface area (Å²) in [5.74, 6) is 0.169. The molecule has 3 unspecified atom stereocenters. The lowest BCUT2D eigenvalue weighted by Gasteiger charge is -2.38. The van der Waals surface area contributed by atoms with Gasteiger partial charge in [-0.1, -0.05) is 24.3 Å². The van der Waals surface area contributed by atoms with Crippen LogP contribution in [0.5, 0.6) is 0 Å². The molecule has 1 aromatic heterocycles. The highest BCUT2D eigenvalue weighted by Gasteiger charge is 2.42. The molecule has 0 radical (unpaired) electrons. The van der Waals surface area contributed by atoms with E-state index in [4.69, 9.17) is 0 Å². The first-order valence-corrected chi connectivity index (χ1v) is 8.95. The second-order valence-electron chi connectivity index (χ2n) is 6.96. The van der Waals surface area contributed by atoms with E-state index in [2.05, 4.69) is 26.0 Å². The third kappa shape index (κ3) is 2.41. The van der Waals surface area contributed by atoms with Crippen LogP contribution in [0.2, 0.25) is 0 Å². The maximum absolute atomic E-state index is 13.5. The Balaban J connectivity index is 1.73. The van der Waals surface area contributed by atoms with E-state index in [0.29, 0.717) is 0 Å². The van der Waals surface area contributed by atoms with Crippen LogP contribution < -0.4 is 10.7 Å². The molecule has 0 saturated carbocycles. The summed E-state index contributed by atoms with van der Waals surface area (Å²) in [5.41, 5.74) is 7.31. The van der Waals surface area contributed by atoms with Gasteiger partial charge in [0.2, 0.25) is 0 Å². The molecule has 3 atom stereocenters. The summed E-state index contributed by atoms with van der Waals surface area (Å²) in [6.45, 7) is 0. The Kier molecular flexibility index (Phi) is 3.71. The van der Waals surface area contributed by atoms with Gasteiger partial charge in [-0.3, -0.25) is 5.43 Å². The standard InChI is InChI=1S/C20H17FN6O/c1-27-10-22-26-20(27)17-18(11-5-7-12(21)8-6-11)23-14-4-2-3-13-15(9-28)24-25-19(17)16(13)14/h2-10,15,17-18,23-24H,1H3. The second kappa shape index (κ2) is 6.26. The number of hydrazone groups is 1. The van der Waals surface area contributed by atoms with Gasteiger partial charge in [0.15, 0.2) is 0 Å². The fourth-order valence-corrected chi connectivity index (χ4v) is 4.03. The first-order chi connectivity index (χ1) is 13.7. The molecule has 2 aliphatic heterocycles. The van der Waals surface area contributed by atoms with Gasteiger partial charge < -0.3 is 14.7 Å². The lowest BCUT2D eigenvalue weighted by Crippen LogP contribution is -2.39. The predicted molar refractivity (Wildman–Crippen MR) is 101 cm³/mol. The van der Waals surface area contributed by atoms with Gasteiger partial charge >= 0.3 is 0 Å². The molecule has 0 spiro atoms. The Bertz CT molecular complexity index is 1090. The monoisotopic (exact) mass is 376 g/mol. The number of aromatic nitrogens is 3. The Hall–Kier alpha value is -3.55. The Morgan fingerprint density at radius 3 is 2.71 bits per heavy atom. The molecule has 0 fully saturated rings. The maximum atomic E-state index is 13.5. The fourth-order valence-electron chi connectivity index (χ4n) is 4.03. The number of carbonyl (C=O) groups is 1. The molecule has 3 aromatic rings. The van der Waals surface area contributed by atoms with E-state index < -0.39 is 6.04 Å². The number of carbonyl (C=O) groups excluding carboxylic acids is 1. The van der Waals surface area contributed by atoms with Crippen molar-refractivity contribution < 1.29 is 9.18 Å². The van der Waals surface area contributed by atoms with Gasteiger partial charge in [0, 0.05) is 18.3 Å². The summed E-state index contributed by atoms with van der Waals surface area (Å²) < 4.78 is 15.4. The van der Waals surface area contributed by atoms with Crippen LogP contribution in [-0.4, -0.2) is 26.8 Å². The zero-order chi connectivity index (χ0) is 19.3. The number of rotatable bonds is 3. The molecule has 0 amide bonds. The molecular formula is C20H17FN6O. The van der Waals surface area contributed by atoms with Crippen molar-refractivity contribution in [3.63, 3.8) is 0 Å². The predicted octanol–water partition coefficient (Wildman–Crippen LogP) is 2.45. The van der Waals surface area contributed by atoms with Gasteiger partial charge in [-0.2, -0.15) is 5.10 Å². The van der Waals surface area contributed by atoms with Crippen LogP contribution in [0.3, 0.4) is 0 Å². The van der Waals surface area contributed by atoms with Crippen LogP contribution in [0.4, 0.5) is 10.1 Å². The van der Waals surface area contributed by atoms with E-state index in [9.17, 15) is 9.18 Å². The Morgan fingerprint density at radius 1 is 1.18 bits per heavy atom. The van der Waals surface area contributed by atoms with Gasteiger partial charge in [-0.05, 0) is 29.3 Å². The molecule has 2 aliphatic rings. The van der Waals surface area contributed by atoms with Crippen LogP contribution in [0, 0.1) is 5.82 Å². The number of aryl methyl sites for hydroxylation is 1. The zero-order valence-electron chi connectivity index (χ0n) is 15.0. The van der Waals surface area contributed by atoms with Crippen LogP contribution in [-0.2, 0) is 11.8 Å². The van der Waals surface area contributed by atoms with E-state index >= 15 is 0 Å². The largest absolute Gasteiger partial charge is 0.377 e. The van der Waals surface area contributed by atoms with Crippen LogP contribution in [0.15, 0.2) is 53.9 Å². The maximum Gasteiger partial charge on any atom is 0.148 e. The molecule has 5 rings (SSSR count). The highest BCUT2D eigenvalue weighted by atomic mass is 19.1. The number of benzene rings is 2.